The van der Waals surface area contributed by atoms with Crippen molar-refractivity contribution in [2.45, 2.75) is 56.6 Å². The third kappa shape index (κ3) is 5.38. The average molecular weight is 433 g/mol. The van der Waals surface area contributed by atoms with Crippen molar-refractivity contribution in [1.82, 2.24) is 16.0 Å². The van der Waals surface area contributed by atoms with Gasteiger partial charge in [0.25, 0.3) is 5.91 Å². The van der Waals surface area contributed by atoms with Crippen LogP contribution in [0.3, 0.4) is 0 Å². The van der Waals surface area contributed by atoms with Crippen molar-refractivity contribution in [3.05, 3.63) is 29.3 Å². The molecule has 1 amide bonds. The van der Waals surface area contributed by atoms with Crippen LogP contribution in [0.4, 0.5) is 0 Å². The molecule has 0 bridgehead atoms. The van der Waals surface area contributed by atoms with Crippen LogP contribution in [0.5, 0.6) is 5.75 Å². The van der Waals surface area contributed by atoms with Crippen LogP contribution in [0.25, 0.3) is 0 Å². The van der Waals surface area contributed by atoms with E-state index in [-0.39, 0.29) is 23.7 Å². The number of hydrogen-bond donors (Lipinski definition) is 6. The molecule has 0 spiro atoms. The van der Waals surface area contributed by atoms with Gasteiger partial charge < -0.3 is 35.8 Å². The van der Waals surface area contributed by atoms with E-state index in [0.29, 0.717) is 11.6 Å². The van der Waals surface area contributed by atoms with E-state index in [4.69, 9.17) is 4.65 Å². The molecule has 1 aliphatic heterocycles. The van der Waals surface area contributed by atoms with Gasteiger partial charge in [-0.15, -0.1) is 0 Å². The Hall–Kier alpha value is -2.14. The zero-order valence-electron chi connectivity index (χ0n) is 18.1. The van der Waals surface area contributed by atoms with Crippen molar-refractivity contribution in [3.8, 4) is 5.75 Å². The summed E-state index contributed by atoms with van der Waals surface area (Å²) in [7, 11) is 0.506. The minimum atomic E-state index is -1.57. The zero-order chi connectivity index (χ0) is 22.6. The summed E-state index contributed by atoms with van der Waals surface area (Å²) < 4.78 is 5.42. The number of carbonyl (C=O) groups excluding carboxylic acids is 1. The van der Waals surface area contributed by atoms with E-state index >= 15 is 0 Å². The Morgan fingerprint density at radius 1 is 1.23 bits per heavy atom. The van der Waals surface area contributed by atoms with Gasteiger partial charge in [0, 0.05) is 19.1 Å². The lowest BCUT2D eigenvalue weighted by atomic mass is 9.71. The first-order valence-electron chi connectivity index (χ1n) is 10.8. The zero-order valence-corrected chi connectivity index (χ0v) is 18.1. The fraction of sp³-hybridized carbons (Fsp3) is 0.619. The molecule has 9 nitrogen and oxygen atoms in total. The average Bonchev–Trinajstić information content (AvgIpc) is 2.74. The molecule has 1 aromatic rings. The molecule has 1 fully saturated rings. The normalized spacial score (nSPS) is 25.2. The van der Waals surface area contributed by atoms with Gasteiger partial charge in [0.1, 0.15) is 11.4 Å². The number of benzene rings is 1. The highest BCUT2D eigenvalue weighted by Crippen LogP contribution is 2.34. The molecule has 10 heteroatoms. The third-order valence-electron chi connectivity index (χ3n) is 6.46. The lowest BCUT2D eigenvalue weighted by Crippen LogP contribution is -2.59. The highest BCUT2D eigenvalue weighted by Gasteiger charge is 2.45. The number of hydrogen-bond acceptors (Lipinski definition) is 7. The number of rotatable bonds is 8. The molecule has 2 aliphatic rings. The Balaban J connectivity index is 1.59. The molecule has 170 valence electrons. The Morgan fingerprint density at radius 3 is 2.58 bits per heavy atom. The standard InChI is InChI=1S/C21H32BN3O6/c1-21(29,14-6-8-15(9-7-14)24-11-10-23-2)20(28)25-17-12-13-4-3-5-16(19(26)27)18(13)31-22(17)30/h3-5,14-15,17,23-24,29-30H,6-12H2,1-2H3,(H,25,28)(H,26,27)/t14?,15?,17-,21?/m0/s1. The number of carboxylic acids is 1. The summed E-state index contributed by atoms with van der Waals surface area (Å²) >= 11 is 0. The Kier molecular flexibility index (Phi) is 7.58. The van der Waals surface area contributed by atoms with Gasteiger partial charge in [0.15, 0.2) is 0 Å². The van der Waals surface area contributed by atoms with Crippen LogP contribution in [0.15, 0.2) is 18.2 Å². The maximum atomic E-state index is 12.9. The van der Waals surface area contributed by atoms with Gasteiger partial charge in [0.2, 0.25) is 0 Å². The van der Waals surface area contributed by atoms with Crippen LogP contribution >= 0.6 is 0 Å². The predicted octanol–water partition coefficient (Wildman–Crippen LogP) is -0.0570. The van der Waals surface area contributed by atoms with Crippen molar-refractivity contribution < 1.29 is 29.5 Å². The summed E-state index contributed by atoms with van der Waals surface area (Å²) in [5.41, 5.74) is -1.02. The molecule has 6 N–H and O–H groups in total. The summed E-state index contributed by atoms with van der Waals surface area (Å²) in [6.07, 6.45) is 3.44. The first-order valence-corrected chi connectivity index (χ1v) is 10.8. The van der Waals surface area contributed by atoms with Gasteiger partial charge in [0.05, 0.1) is 11.5 Å². The SMILES string of the molecule is CNCCNC1CCC(C(C)(O)C(=O)N[C@H]2Cc3cccc(C(=O)O)c3OB2O)CC1. The van der Waals surface area contributed by atoms with Crippen LogP contribution < -0.4 is 20.6 Å². The van der Waals surface area contributed by atoms with Gasteiger partial charge in [-0.05, 0) is 63.6 Å². The van der Waals surface area contributed by atoms with E-state index in [1.54, 1.807) is 12.1 Å². The molecule has 0 aromatic heterocycles. The summed E-state index contributed by atoms with van der Waals surface area (Å²) in [6.45, 7) is 3.30. The van der Waals surface area contributed by atoms with Crippen LogP contribution in [0.2, 0.25) is 0 Å². The Labute approximate surface area is 182 Å². The van der Waals surface area contributed by atoms with Crippen LogP contribution in [-0.4, -0.2) is 72.0 Å². The van der Waals surface area contributed by atoms with E-state index in [9.17, 15) is 24.8 Å². The van der Waals surface area contributed by atoms with E-state index in [0.717, 1.165) is 38.8 Å². The molecule has 2 atom stereocenters. The third-order valence-corrected chi connectivity index (χ3v) is 6.46. The molecule has 1 unspecified atom stereocenters. The summed E-state index contributed by atoms with van der Waals surface area (Å²) in [4.78, 5) is 24.3. The molecule has 0 radical (unpaired) electrons. The smallest absolute Gasteiger partial charge is 0.534 e. The van der Waals surface area contributed by atoms with Crippen LogP contribution in [0.1, 0.15) is 48.5 Å². The maximum absolute atomic E-state index is 12.9. The van der Waals surface area contributed by atoms with E-state index in [1.807, 2.05) is 7.05 Å². The first kappa shape index (κ1) is 23.5. The number of fused-ring (bicyclic) bond motifs is 1. The van der Waals surface area contributed by atoms with Crippen molar-refractivity contribution in [3.63, 3.8) is 0 Å². The second-order valence-corrected chi connectivity index (χ2v) is 8.65. The van der Waals surface area contributed by atoms with Gasteiger partial charge >= 0.3 is 13.1 Å². The van der Waals surface area contributed by atoms with Gasteiger partial charge in [-0.3, -0.25) is 4.79 Å². The molecule has 1 heterocycles. The molecule has 0 saturated heterocycles. The van der Waals surface area contributed by atoms with E-state index < -0.39 is 30.5 Å². The topological polar surface area (TPSA) is 140 Å². The fourth-order valence-electron chi connectivity index (χ4n) is 4.48. The molecule has 31 heavy (non-hydrogen) atoms. The largest absolute Gasteiger partial charge is 0.547 e. The molecular weight excluding hydrogens is 401 g/mol. The van der Waals surface area contributed by atoms with E-state index in [1.165, 1.54) is 13.0 Å². The quantitative estimate of drug-likeness (QED) is 0.248. The Bertz CT molecular complexity index is 797. The molecule has 1 aliphatic carbocycles. The summed E-state index contributed by atoms with van der Waals surface area (Å²) in [5.74, 6) is -2.54. The van der Waals surface area contributed by atoms with Crippen LogP contribution in [-0.2, 0) is 11.2 Å². The highest BCUT2D eigenvalue weighted by molar-refractivity contribution is 6.47. The lowest BCUT2D eigenvalue weighted by Gasteiger charge is -2.38. The van der Waals surface area contributed by atoms with Crippen LogP contribution in [0, 0.1) is 5.92 Å². The summed E-state index contributed by atoms with van der Waals surface area (Å²) in [5, 5.41) is 39.9. The van der Waals surface area contributed by atoms with Crippen molar-refractivity contribution in [2.24, 2.45) is 5.92 Å². The Morgan fingerprint density at radius 2 is 1.94 bits per heavy atom. The number of amides is 1. The number of aromatic carboxylic acids is 1. The second kappa shape index (κ2) is 9.99. The number of carboxylic acid groups (broad SMARTS) is 1. The molecule has 3 rings (SSSR count). The minimum Gasteiger partial charge on any atom is -0.534 e. The molecule has 1 saturated carbocycles. The van der Waals surface area contributed by atoms with Crippen molar-refractivity contribution >= 4 is 19.0 Å². The monoisotopic (exact) mass is 433 g/mol. The van der Waals surface area contributed by atoms with Crippen molar-refractivity contribution in [1.29, 1.82) is 0 Å². The maximum Gasteiger partial charge on any atom is 0.547 e. The van der Waals surface area contributed by atoms with Gasteiger partial charge in [-0.2, -0.15) is 0 Å². The lowest BCUT2D eigenvalue weighted by molar-refractivity contribution is -0.145. The predicted molar refractivity (Wildman–Crippen MR) is 116 cm³/mol. The minimum absolute atomic E-state index is 0.0339. The molecular formula is C21H32BN3O6. The van der Waals surface area contributed by atoms with Crippen molar-refractivity contribution in [2.75, 3.05) is 20.1 Å². The molecule has 1 aromatic carbocycles. The fourth-order valence-corrected chi connectivity index (χ4v) is 4.48. The number of carbonyl (C=O) groups is 2. The number of likely N-dealkylation sites (N-methyl/N-ethyl adjacent to an activating group) is 1. The van der Waals surface area contributed by atoms with Gasteiger partial charge in [-0.1, -0.05) is 12.1 Å². The second-order valence-electron chi connectivity index (χ2n) is 8.65. The summed E-state index contributed by atoms with van der Waals surface area (Å²) in [6, 6.07) is 5.09. The number of nitrogens with one attached hydrogen (secondary N) is 3. The number of aliphatic hydroxyl groups is 1. The van der Waals surface area contributed by atoms with E-state index in [2.05, 4.69) is 16.0 Å². The van der Waals surface area contributed by atoms with Gasteiger partial charge in [-0.25, -0.2) is 4.79 Å². The number of para-hydroxylation sites is 1. The first-order chi connectivity index (χ1) is 14.7. The highest BCUT2D eigenvalue weighted by atomic mass is 16.5.